The van der Waals surface area contributed by atoms with Crippen LogP contribution < -0.4 is 5.32 Å². The van der Waals surface area contributed by atoms with E-state index in [-0.39, 0.29) is 0 Å². The summed E-state index contributed by atoms with van der Waals surface area (Å²) in [6, 6.07) is 19.4. The van der Waals surface area contributed by atoms with E-state index in [2.05, 4.69) is 72.1 Å². The summed E-state index contributed by atoms with van der Waals surface area (Å²) < 4.78 is 0. The lowest BCUT2D eigenvalue weighted by molar-refractivity contribution is 1.31. The second-order valence-electron chi connectivity index (χ2n) is 5.73. The van der Waals surface area contributed by atoms with E-state index in [9.17, 15) is 0 Å². The molecule has 104 valence electrons. The molecule has 0 bridgehead atoms. The Kier molecular flexibility index (Phi) is 2.30. The van der Waals surface area contributed by atoms with Gasteiger partial charge in [-0.1, -0.05) is 54.6 Å². The van der Waals surface area contributed by atoms with Crippen molar-refractivity contribution in [2.45, 2.75) is 0 Å². The standard InChI is InChI=1S/C20H14N2/c1-2-6-16-13(4-1)9-10-18-17(16)12-15-8-7-14-5-3-11-21-19(14)20(15)22-18/h1-10,12,21H,11H2. The highest BCUT2D eigenvalue weighted by atomic mass is 14.9. The van der Waals surface area contributed by atoms with Crippen LogP contribution in [-0.2, 0) is 0 Å². The van der Waals surface area contributed by atoms with Gasteiger partial charge < -0.3 is 5.32 Å². The third kappa shape index (κ3) is 1.58. The first-order chi connectivity index (χ1) is 10.9. The van der Waals surface area contributed by atoms with Crippen LogP contribution in [0, 0.1) is 0 Å². The summed E-state index contributed by atoms with van der Waals surface area (Å²) in [5.41, 5.74) is 4.47. The lowest BCUT2D eigenvalue weighted by atomic mass is 10.0. The van der Waals surface area contributed by atoms with Gasteiger partial charge in [0.1, 0.15) is 0 Å². The molecule has 0 fully saturated rings. The number of aromatic nitrogens is 1. The Bertz CT molecular complexity index is 1080. The monoisotopic (exact) mass is 282 g/mol. The van der Waals surface area contributed by atoms with Crippen molar-refractivity contribution in [3.05, 3.63) is 66.2 Å². The van der Waals surface area contributed by atoms with Crippen LogP contribution in [0.15, 0.2) is 60.7 Å². The average molecular weight is 282 g/mol. The van der Waals surface area contributed by atoms with Gasteiger partial charge in [-0.3, -0.25) is 0 Å². The molecule has 3 aromatic carbocycles. The zero-order valence-corrected chi connectivity index (χ0v) is 12.0. The van der Waals surface area contributed by atoms with Crippen LogP contribution in [0.4, 0.5) is 5.69 Å². The summed E-state index contributed by atoms with van der Waals surface area (Å²) in [5.74, 6) is 0. The summed E-state index contributed by atoms with van der Waals surface area (Å²) in [6.07, 6.45) is 4.31. The topological polar surface area (TPSA) is 24.9 Å². The molecule has 0 amide bonds. The van der Waals surface area contributed by atoms with Crippen LogP contribution in [0.1, 0.15) is 5.56 Å². The predicted octanol–water partition coefficient (Wildman–Crippen LogP) is 4.98. The lowest BCUT2D eigenvalue weighted by Crippen LogP contribution is -2.05. The molecule has 0 spiro atoms. The molecule has 4 aromatic rings. The fourth-order valence-electron chi connectivity index (χ4n) is 3.34. The van der Waals surface area contributed by atoms with Crippen molar-refractivity contribution in [3.63, 3.8) is 0 Å². The molecule has 22 heavy (non-hydrogen) atoms. The SMILES string of the molecule is C1=Cc2ccc3cc4c(ccc5ccccc54)nc3c2NC1. The Morgan fingerprint density at radius 2 is 1.77 bits per heavy atom. The highest BCUT2D eigenvalue weighted by Gasteiger charge is 2.11. The summed E-state index contributed by atoms with van der Waals surface area (Å²) in [5, 5.41) is 8.39. The Morgan fingerprint density at radius 1 is 0.864 bits per heavy atom. The van der Waals surface area contributed by atoms with Crippen LogP contribution in [0.25, 0.3) is 38.7 Å². The van der Waals surface area contributed by atoms with Gasteiger partial charge in [0.15, 0.2) is 0 Å². The number of anilines is 1. The van der Waals surface area contributed by atoms with Gasteiger partial charge in [0.05, 0.1) is 16.7 Å². The van der Waals surface area contributed by atoms with Gasteiger partial charge in [-0.2, -0.15) is 0 Å². The third-order valence-electron chi connectivity index (χ3n) is 4.42. The van der Waals surface area contributed by atoms with E-state index in [1.54, 1.807) is 0 Å². The van der Waals surface area contributed by atoms with Crippen LogP contribution >= 0.6 is 0 Å². The van der Waals surface area contributed by atoms with Crippen molar-refractivity contribution in [1.29, 1.82) is 0 Å². The number of nitrogens with one attached hydrogen (secondary N) is 1. The van der Waals surface area contributed by atoms with Crippen molar-refractivity contribution in [2.75, 3.05) is 11.9 Å². The molecule has 2 nitrogen and oxygen atoms in total. The van der Waals surface area contributed by atoms with Gasteiger partial charge in [-0.25, -0.2) is 4.98 Å². The van der Waals surface area contributed by atoms with E-state index in [0.717, 1.165) is 23.3 Å². The zero-order valence-electron chi connectivity index (χ0n) is 12.0. The van der Waals surface area contributed by atoms with E-state index >= 15 is 0 Å². The summed E-state index contributed by atoms with van der Waals surface area (Å²) in [4.78, 5) is 4.94. The second-order valence-corrected chi connectivity index (χ2v) is 5.73. The molecule has 1 aliphatic rings. The Balaban J connectivity index is 1.95. The molecule has 0 atom stereocenters. The predicted molar refractivity (Wildman–Crippen MR) is 94.3 cm³/mol. The molecule has 2 heteroatoms. The van der Waals surface area contributed by atoms with Crippen molar-refractivity contribution < 1.29 is 0 Å². The van der Waals surface area contributed by atoms with Gasteiger partial charge in [0.2, 0.25) is 0 Å². The fraction of sp³-hybridized carbons (Fsp3) is 0.0500. The fourth-order valence-corrected chi connectivity index (χ4v) is 3.34. The second kappa shape index (κ2) is 4.31. The van der Waals surface area contributed by atoms with E-state index in [1.165, 1.54) is 27.1 Å². The average Bonchev–Trinajstić information content (AvgIpc) is 2.60. The highest BCUT2D eigenvalue weighted by molar-refractivity contribution is 6.11. The minimum atomic E-state index is 0.865. The van der Waals surface area contributed by atoms with E-state index in [1.807, 2.05) is 0 Å². The normalized spacial score (nSPS) is 13.5. The number of nitrogens with zero attached hydrogens (tertiary/aromatic N) is 1. The lowest BCUT2D eigenvalue weighted by Gasteiger charge is -2.16. The largest absolute Gasteiger partial charge is 0.379 e. The molecule has 0 aliphatic carbocycles. The molecular formula is C20H14N2. The van der Waals surface area contributed by atoms with Crippen molar-refractivity contribution >= 4 is 44.3 Å². The Labute approximate surface area is 128 Å². The van der Waals surface area contributed by atoms with E-state index in [4.69, 9.17) is 4.98 Å². The molecule has 0 unspecified atom stereocenters. The first kappa shape index (κ1) is 11.8. The number of hydrogen-bond acceptors (Lipinski definition) is 2. The molecule has 0 radical (unpaired) electrons. The minimum absolute atomic E-state index is 0.865. The van der Waals surface area contributed by atoms with E-state index < -0.39 is 0 Å². The molecule has 5 rings (SSSR count). The zero-order chi connectivity index (χ0) is 14.5. The van der Waals surface area contributed by atoms with E-state index in [0.29, 0.717) is 0 Å². The Morgan fingerprint density at radius 3 is 2.77 bits per heavy atom. The van der Waals surface area contributed by atoms with Crippen molar-refractivity contribution in [2.24, 2.45) is 0 Å². The van der Waals surface area contributed by atoms with Gasteiger partial charge in [0, 0.05) is 17.3 Å². The Hall–Kier alpha value is -2.87. The quantitative estimate of drug-likeness (QED) is 0.363. The summed E-state index contributed by atoms with van der Waals surface area (Å²) in [7, 11) is 0. The molecule has 1 aliphatic heterocycles. The van der Waals surface area contributed by atoms with Crippen LogP contribution in [0.5, 0.6) is 0 Å². The molecule has 1 N–H and O–H groups in total. The number of benzene rings is 3. The number of pyridine rings is 1. The molecule has 2 heterocycles. The number of hydrogen-bond donors (Lipinski definition) is 1. The number of fused-ring (bicyclic) bond motifs is 6. The molecule has 0 saturated carbocycles. The maximum atomic E-state index is 4.94. The van der Waals surface area contributed by atoms with Gasteiger partial charge in [-0.15, -0.1) is 0 Å². The molecule has 1 aromatic heterocycles. The molecule has 0 saturated heterocycles. The van der Waals surface area contributed by atoms with Crippen molar-refractivity contribution in [1.82, 2.24) is 4.98 Å². The van der Waals surface area contributed by atoms with Crippen LogP contribution in [-0.4, -0.2) is 11.5 Å². The van der Waals surface area contributed by atoms with Gasteiger partial charge in [0.25, 0.3) is 0 Å². The van der Waals surface area contributed by atoms with Gasteiger partial charge in [-0.05, 0) is 28.5 Å². The van der Waals surface area contributed by atoms with Gasteiger partial charge >= 0.3 is 0 Å². The summed E-state index contributed by atoms with van der Waals surface area (Å²) >= 11 is 0. The first-order valence-corrected chi connectivity index (χ1v) is 7.56. The smallest absolute Gasteiger partial charge is 0.0947 e. The minimum Gasteiger partial charge on any atom is -0.379 e. The summed E-state index contributed by atoms with van der Waals surface area (Å²) in [6.45, 7) is 0.865. The number of rotatable bonds is 0. The third-order valence-corrected chi connectivity index (χ3v) is 4.42. The van der Waals surface area contributed by atoms with Crippen LogP contribution in [0.2, 0.25) is 0 Å². The molecular weight excluding hydrogens is 268 g/mol. The van der Waals surface area contributed by atoms with Crippen LogP contribution in [0.3, 0.4) is 0 Å². The first-order valence-electron chi connectivity index (χ1n) is 7.56. The highest BCUT2D eigenvalue weighted by Crippen LogP contribution is 2.33. The van der Waals surface area contributed by atoms with Crippen molar-refractivity contribution in [3.8, 4) is 0 Å². The maximum Gasteiger partial charge on any atom is 0.0947 e. The maximum absolute atomic E-state index is 4.94.